The molecule has 0 radical (unpaired) electrons. The Bertz CT molecular complexity index is 2790. The Morgan fingerprint density at radius 1 is 0.531 bits per heavy atom. The predicted molar refractivity (Wildman–Crippen MR) is 256 cm³/mol. The van der Waals surface area contributed by atoms with Crippen LogP contribution in [0.2, 0.25) is 0 Å². The van der Waals surface area contributed by atoms with Crippen molar-refractivity contribution in [1.29, 1.82) is 0 Å². The Balaban J connectivity index is 1.09. The SMILES string of the molecule is CCOc1ccc(C2=[N+]3C(=Nc4c(-c5ccc(OCCCc6ccccc6)cc5)cc(-c5ccc(OCC)cc5)n4S3(F)F)C(c3ccc(OCCCc4ccccc4)cc3)=C2)cc1. The second-order valence-corrected chi connectivity index (χ2v) is 17.1. The summed E-state index contributed by atoms with van der Waals surface area (Å²) in [6.07, 6.45) is 5.40. The molecule has 1 aromatic heterocycles. The number of hydrogen-bond donors (Lipinski definition) is 0. The number of aryl methyl sites for hydroxylation is 2. The van der Waals surface area contributed by atoms with Crippen LogP contribution in [-0.4, -0.2) is 45.9 Å². The number of allylic oxidation sites excluding steroid dienone is 1. The number of rotatable bonds is 18. The molecule has 0 saturated carbocycles. The molecule has 2 aliphatic heterocycles. The van der Waals surface area contributed by atoms with E-state index in [1.165, 1.54) is 11.1 Å². The number of amidine groups is 1. The number of benzene rings is 6. The van der Waals surface area contributed by atoms with Crippen LogP contribution in [-0.2, 0) is 12.8 Å². The van der Waals surface area contributed by atoms with E-state index in [9.17, 15) is 0 Å². The zero-order valence-electron chi connectivity index (χ0n) is 36.0. The molecule has 0 amide bonds. The molecule has 0 aliphatic carbocycles. The molecule has 3 heterocycles. The molecule has 7 nitrogen and oxygen atoms in total. The van der Waals surface area contributed by atoms with Gasteiger partial charge < -0.3 is 18.9 Å². The third-order valence-corrected chi connectivity index (χ3v) is 12.8. The van der Waals surface area contributed by atoms with E-state index in [4.69, 9.17) is 23.9 Å². The molecule has 0 bridgehead atoms. The van der Waals surface area contributed by atoms with Crippen LogP contribution in [0.15, 0.2) is 175 Å². The zero-order chi connectivity index (χ0) is 43.9. The Morgan fingerprint density at radius 3 is 1.48 bits per heavy atom. The first-order valence-electron chi connectivity index (χ1n) is 21.9. The minimum atomic E-state index is -4.84. The van der Waals surface area contributed by atoms with E-state index in [1.807, 2.05) is 159 Å². The van der Waals surface area contributed by atoms with Crippen LogP contribution < -0.4 is 18.9 Å². The molecule has 2 aliphatic rings. The smallest absolute Gasteiger partial charge is 0.349 e. The van der Waals surface area contributed by atoms with Crippen LogP contribution in [0.3, 0.4) is 0 Å². The summed E-state index contributed by atoms with van der Waals surface area (Å²) in [7, 11) is 0. The molecule has 64 heavy (non-hydrogen) atoms. The van der Waals surface area contributed by atoms with E-state index in [0.717, 1.165) is 44.8 Å². The Hall–Kier alpha value is -6.91. The fraction of sp³-hybridized carbons (Fsp3) is 0.185. The maximum absolute atomic E-state index is 18.1. The summed E-state index contributed by atoms with van der Waals surface area (Å²) >= 11 is -4.84. The quantitative estimate of drug-likeness (QED) is 0.0637. The molecule has 7 aromatic rings. The van der Waals surface area contributed by atoms with E-state index >= 15 is 7.77 Å². The number of hydrogen-bond acceptors (Lipinski definition) is 5. The first kappa shape index (κ1) is 42.4. The minimum Gasteiger partial charge on any atom is -0.494 e. The van der Waals surface area contributed by atoms with Gasteiger partial charge in [-0.25, -0.2) is 0 Å². The first-order valence-corrected chi connectivity index (χ1v) is 23.2. The zero-order valence-corrected chi connectivity index (χ0v) is 36.8. The first-order chi connectivity index (χ1) is 31.4. The highest BCUT2D eigenvalue weighted by Crippen LogP contribution is 2.64. The summed E-state index contributed by atoms with van der Waals surface area (Å²) < 4.78 is 62.2. The van der Waals surface area contributed by atoms with Gasteiger partial charge in [0.05, 0.1) is 43.3 Å². The molecule has 0 unspecified atom stereocenters. The summed E-state index contributed by atoms with van der Waals surface area (Å²) in [5.74, 6) is 3.12. The largest absolute Gasteiger partial charge is 0.494 e. The molecule has 0 fully saturated rings. The molecular formula is C54H50F2N3O4S+. The fourth-order valence-corrected chi connectivity index (χ4v) is 9.74. The normalized spacial score (nSPS) is 14.2. The van der Waals surface area contributed by atoms with Crippen LogP contribution in [0.25, 0.3) is 28.0 Å². The van der Waals surface area contributed by atoms with Crippen molar-refractivity contribution < 1.29 is 30.7 Å². The van der Waals surface area contributed by atoms with E-state index < -0.39 is 11.2 Å². The summed E-state index contributed by atoms with van der Waals surface area (Å²) in [4.78, 5) is 5.22. The average Bonchev–Trinajstić information content (AvgIpc) is 3.92. The highest BCUT2D eigenvalue weighted by molar-refractivity contribution is 8.19. The Labute approximate surface area is 375 Å². The maximum atomic E-state index is 18.1. The summed E-state index contributed by atoms with van der Waals surface area (Å²) in [6.45, 7) is 5.93. The van der Waals surface area contributed by atoms with Gasteiger partial charge >= 0.3 is 17.0 Å². The van der Waals surface area contributed by atoms with E-state index in [1.54, 1.807) is 0 Å². The van der Waals surface area contributed by atoms with Gasteiger partial charge in [-0.2, -0.15) is 3.97 Å². The molecule has 9 rings (SSSR count). The van der Waals surface area contributed by atoms with Gasteiger partial charge in [0.25, 0.3) is 5.82 Å². The lowest BCUT2D eigenvalue weighted by molar-refractivity contribution is -0.226. The number of halogens is 2. The number of aromatic nitrogens is 1. The molecule has 10 heteroatoms. The Morgan fingerprint density at radius 2 is 0.984 bits per heavy atom. The lowest BCUT2D eigenvalue weighted by Gasteiger charge is -2.27. The molecule has 0 N–H and O–H groups in total. The molecule has 0 atom stereocenters. The summed E-state index contributed by atoms with van der Waals surface area (Å²) in [5, 5.41) is 0. The topological polar surface area (TPSA) is 57.2 Å². The summed E-state index contributed by atoms with van der Waals surface area (Å²) in [5.41, 5.74) is 7.15. The van der Waals surface area contributed by atoms with Crippen LogP contribution in [0.5, 0.6) is 23.0 Å². The van der Waals surface area contributed by atoms with Gasteiger partial charge in [-0.3, -0.25) is 0 Å². The van der Waals surface area contributed by atoms with Crippen LogP contribution in [0.1, 0.15) is 48.9 Å². The van der Waals surface area contributed by atoms with Crippen molar-refractivity contribution in [2.75, 3.05) is 26.4 Å². The molecule has 6 aromatic carbocycles. The number of aliphatic imine (C=N–C) groups is 1. The standard InChI is InChI=1S/C54H50F2N3O4S/c1-3-60-45-31-23-43(24-32-45)51-37-49(41-19-27-47(28-20-41)62-35-11-17-39-13-7-5-8-14-39)53-57-54-50(42-21-29-48(30-22-42)63-36-12-18-40-15-9-6-10-16-40)38-52(59(54)64(55,56)58(51)53)44-25-33-46(34-26-44)61-4-2/h5-10,13-16,19-34,37-38H,3-4,11-12,17-18,35-36H2,1-2H3/q+1. The highest BCUT2D eigenvalue weighted by Gasteiger charge is 2.53. The Kier molecular flexibility index (Phi) is 12.7. The third-order valence-electron chi connectivity index (χ3n) is 11.2. The van der Waals surface area contributed by atoms with Gasteiger partial charge in [0, 0.05) is 11.6 Å². The van der Waals surface area contributed by atoms with Crippen LogP contribution in [0.4, 0.5) is 13.6 Å². The monoisotopic (exact) mass is 874 g/mol. The second-order valence-electron chi connectivity index (χ2n) is 15.5. The van der Waals surface area contributed by atoms with E-state index in [0.29, 0.717) is 83.1 Å². The maximum Gasteiger partial charge on any atom is 0.349 e. The predicted octanol–water partition coefficient (Wildman–Crippen LogP) is 13.5. The fourth-order valence-electron chi connectivity index (χ4n) is 8.09. The number of fused-ring (bicyclic) bond motifs is 2. The highest BCUT2D eigenvalue weighted by atomic mass is 32.3. The lowest BCUT2D eigenvalue weighted by atomic mass is 10.0. The van der Waals surface area contributed by atoms with Crippen LogP contribution in [0, 0.1) is 0 Å². The molecule has 324 valence electrons. The van der Waals surface area contributed by atoms with Crippen LogP contribution >= 0.6 is 11.2 Å². The van der Waals surface area contributed by atoms with Gasteiger partial charge in [0.1, 0.15) is 23.0 Å². The minimum absolute atomic E-state index is 0.184. The van der Waals surface area contributed by atoms with Crippen molar-refractivity contribution >= 4 is 34.1 Å². The van der Waals surface area contributed by atoms with Crippen molar-refractivity contribution in [3.63, 3.8) is 0 Å². The van der Waals surface area contributed by atoms with Gasteiger partial charge in [-0.15, -0.1) is 3.98 Å². The van der Waals surface area contributed by atoms with Crippen molar-refractivity contribution in [2.24, 2.45) is 4.99 Å². The second kappa shape index (κ2) is 19.2. The van der Waals surface area contributed by atoms with Gasteiger partial charge in [0.2, 0.25) is 0 Å². The third kappa shape index (κ3) is 9.10. The van der Waals surface area contributed by atoms with Gasteiger partial charge in [-0.1, -0.05) is 92.7 Å². The summed E-state index contributed by atoms with van der Waals surface area (Å²) in [6, 6.07) is 52.4. The van der Waals surface area contributed by atoms with Crippen molar-refractivity contribution in [3.8, 4) is 45.4 Å². The molecule has 0 spiro atoms. The van der Waals surface area contributed by atoms with Gasteiger partial charge in [-0.05, 0) is 151 Å². The molecular weight excluding hydrogens is 825 g/mol. The van der Waals surface area contributed by atoms with Crippen molar-refractivity contribution in [3.05, 3.63) is 192 Å². The number of nitrogens with zero attached hydrogens (tertiary/aromatic N) is 3. The van der Waals surface area contributed by atoms with Crippen molar-refractivity contribution in [1.82, 2.24) is 3.97 Å². The molecule has 0 saturated heterocycles. The average molecular weight is 875 g/mol. The van der Waals surface area contributed by atoms with E-state index in [-0.39, 0.29) is 11.7 Å². The van der Waals surface area contributed by atoms with E-state index in [2.05, 4.69) is 24.3 Å². The van der Waals surface area contributed by atoms with Crippen molar-refractivity contribution in [2.45, 2.75) is 39.5 Å². The number of ether oxygens (including phenoxy) is 4. The lowest BCUT2D eigenvalue weighted by Crippen LogP contribution is -2.29. The van der Waals surface area contributed by atoms with Gasteiger partial charge in [0.15, 0.2) is 5.71 Å².